The molecule has 2 aromatic carbocycles. The first-order chi connectivity index (χ1) is 14.0. The van der Waals surface area contributed by atoms with E-state index in [4.69, 9.17) is 9.47 Å². The number of aromatic nitrogens is 2. The smallest absolute Gasteiger partial charge is 0.258 e. The Kier molecular flexibility index (Phi) is 5.20. The molecule has 1 aliphatic rings. The molecule has 0 atom stereocenters. The van der Waals surface area contributed by atoms with Crippen molar-refractivity contribution in [2.45, 2.75) is 32.9 Å². The van der Waals surface area contributed by atoms with E-state index in [1.807, 2.05) is 38.1 Å². The van der Waals surface area contributed by atoms with Gasteiger partial charge >= 0.3 is 0 Å². The van der Waals surface area contributed by atoms with Gasteiger partial charge in [-0.1, -0.05) is 18.2 Å². The zero-order valence-corrected chi connectivity index (χ0v) is 16.5. The van der Waals surface area contributed by atoms with Crippen LogP contribution in [-0.4, -0.2) is 40.0 Å². The van der Waals surface area contributed by atoms with Crippen LogP contribution in [0, 0.1) is 0 Å². The minimum absolute atomic E-state index is 0.0449. The topological polar surface area (TPSA) is 84.5 Å². The lowest BCUT2D eigenvalue weighted by Gasteiger charge is -2.27. The number of H-pyrrole nitrogens is 1. The van der Waals surface area contributed by atoms with E-state index in [9.17, 15) is 9.59 Å². The van der Waals surface area contributed by atoms with Crippen molar-refractivity contribution >= 4 is 16.8 Å². The van der Waals surface area contributed by atoms with Gasteiger partial charge in [-0.25, -0.2) is 4.98 Å². The summed E-state index contributed by atoms with van der Waals surface area (Å²) in [4.78, 5) is 34.4. The Balaban J connectivity index is 1.54. The lowest BCUT2D eigenvalue weighted by atomic mass is 10.1. The van der Waals surface area contributed by atoms with E-state index in [0.29, 0.717) is 41.4 Å². The predicted molar refractivity (Wildman–Crippen MR) is 109 cm³/mol. The summed E-state index contributed by atoms with van der Waals surface area (Å²) in [6.45, 7) is 5.16. The van der Waals surface area contributed by atoms with Crippen molar-refractivity contribution in [1.82, 2.24) is 14.9 Å². The summed E-state index contributed by atoms with van der Waals surface area (Å²) in [5, 5.41) is 0.537. The first kappa shape index (κ1) is 19.0. The van der Waals surface area contributed by atoms with Crippen molar-refractivity contribution in [3.8, 4) is 11.5 Å². The second kappa shape index (κ2) is 7.95. The Bertz CT molecular complexity index is 1110. The molecule has 1 aromatic heterocycles. The zero-order chi connectivity index (χ0) is 20.4. The summed E-state index contributed by atoms with van der Waals surface area (Å²) in [5.74, 6) is 1.79. The minimum Gasteiger partial charge on any atom is -0.486 e. The Labute approximate surface area is 168 Å². The molecule has 7 nitrogen and oxygen atoms in total. The molecule has 3 aromatic rings. The summed E-state index contributed by atoms with van der Waals surface area (Å²) in [6, 6.07) is 12.7. The number of amides is 1. The van der Waals surface area contributed by atoms with Crippen LogP contribution in [0.25, 0.3) is 10.9 Å². The largest absolute Gasteiger partial charge is 0.486 e. The van der Waals surface area contributed by atoms with E-state index in [0.717, 1.165) is 5.56 Å². The monoisotopic (exact) mass is 393 g/mol. The highest BCUT2D eigenvalue weighted by Gasteiger charge is 2.20. The molecule has 0 aliphatic carbocycles. The molecule has 0 fully saturated rings. The number of nitrogens with zero attached hydrogens (tertiary/aromatic N) is 2. The van der Waals surface area contributed by atoms with E-state index < -0.39 is 0 Å². The van der Waals surface area contributed by atoms with Crippen molar-refractivity contribution in [3.05, 3.63) is 64.2 Å². The number of aromatic amines is 1. The number of para-hydroxylation sites is 1. The van der Waals surface area contributed by atoms with E-state index >= 15 is 0 Å². The van der Waals surface area contributed by atoms with Crippen molar-refractivity contribution < 1.29 is 14.3 Å². The van der Waals surface area contributed by atoms with Gasteiger partial charge in [0, 0.05) is 6.04 Å². The number of carbonyl (C=O) groups is 1. The maximum atomic E-state index is 13.0. The molecule has 0 saturated carbocycles. The average molecular weight is 393 g/mol. The van der Waals surface area contributed by atoms with Crippen LogP contribution in [0.3, 0.4) is 0 Å². The van der Waals surface area contributed by atoms with Gasteiger partial charge < -0.3 is 19.4 Å². The number of rotatable bonds is 5. The molecule has 1 amide bonds. The molecule has 29 heavy (non-hydrogen) atoms. The summed E-state index contributed by atoms with van der Waals surface area (Å²) in [7, 11) is 0. The Morgan fingerprint density at radius 3 is 2.69 bits per heavy atom. The van der Waals surface area contributed by atoms with Crippen molar-refractivity contribution in [2.24, 2.45) is 0 Å². The summed E-state index contributed by atoms with van der Waals surface area (Å²) >= 11 is 0. The van der Waals surface area contributed by atoms with Crippen molar-refractivity contribution in [3.63, 3.8) is 0 Å². The number of ether oxygens (including phenoxy) is 2. The molecule has 0 bridgehead atoms. The third kappa shape index (κ3) is 4.08. The summed E-state index contributed by atoms with van der Waals surface area (Å²) in [5.41, 5.74) is 1.27. The van der Waals surface area contributed by atoms with Crippen LogP contribution >= 0.6 is 0 Å². The van der Waals surface area contributed by atoms with E-state index in [1.54, 1.807) is 23.1 Å². The molecule has 0 saturated heterocycles. The van der Waals surface area contributed by atoms with E-state index in [-0.39, 0.29) is 30.5 Å². The Morgan fingerprint density at radius 1 is 1.14 bits per heavy atom. The van der Waals surface area contributed by atoms with Crippen molar-refractivity contribution in [2.75, 3.05) is 13.2 Å². The molecule has 150 valence electrons. The fourth-order valence-electron chi connectivity index (χ4n) is 3.40. The van der Waals surface area contributed by atoms with Gasteiger partial charge in [0.2, 0.25) is 5.91 Å². The predicted octanol–water partition coefficient (Wildman–Crippen LogP) is 2.67. The van der Waals surface area contributed by atoms with Crippen LogP contribution in [0.5, 0.6) is 11.5 Å². The molecular formula is C22H23N3O4. The molecule has 4 rings (SSSR count). The normalized spacial score (nSPS) is 12.9. The quantitative estimate of drug-likeness (QED) is 0.720. The fourth-order valence-corrected chi connectivity index (χ4v) is 3.40. The Morgan fingerprint density at radius 2 is 1.90 bits per heavy atom. The minimum atomic E-state index is -0.200. The molecule has 1 N–H and O–H groups in total. The molecule has 0 unspecified atom stereocenters. The third-order valence-corrected chi connectivity index (χ3v) is 4.89. The van der Waals surface area contributed by atoms with Crippen LogP contribution in [0.4, 0.5) is 0 Å². The van der Waals surface area contributed by atoms with Crippen molar-refractivity contribution in [1.29, 1.82) is 0 Å². The van der Waals surface area contributed by atoms with Gasteiger partial charge in [0.1, 0.15) is 19.0 Å². The number of hydrogen-bond donors (Lipinski definition) is 1. The van der Waals surface area contributed by atoms with Crippen LogP contribution in [0.15, 0.2) is 47.3 Å². The molecular weight excluding hydrogens is 370 g/mol. The molecule has 7 heteroatoms. The second-order valence-electron chi connectivity index (χ2n) is 7.30. The van der Waals surface area contributed by atoms with Gasteiger partial charge in [0.25, 0.3) is 5.56 Å². The number of carbonyl (C=O) groups excluding carboxylic acids is 1. The highest BCUT2D eigenvalue weighted by atomic mass is 16.6. The highest BCUT2D eigenvalue weighted by Crippen LogP contribution is 2.31. The van der Waals surface area contributed by atoms with Gasteiger partial charge in [-0.15, -0.1) is 0 Å². The fraction of sp³-hybridized carbons (Fsp3) is 0.318. The van der Waals surface area contributed by atoms with Crippen LogP contribution in [0.1, 0.15) is 25.2 Å². The SMILES string of the molecule is CC(C)N(Cc1nc2ccccc2c(=O)[nH]1)C(=O)Cc1ccc2c(c1)OCCO2. The first-order valence-corrected chi connectivity index (χ1v) is 9.67. The van der Waals surface area contributed by atoms with Gasteiger partial charge in [-0.3, -0.25) is 9.59 Å². The van der Waals surface area contributed by atoms with Crippen LogP contribution in [0.2, 0.25) is 0 Å². The lowest BCUT2D eigenvalue weighted by Crippen LogP contribution is -2.38. The summed E-state index contributed by atoms with van der Waals surface area (Å²) < 4.78 is 11.1. The highest BCUT2D eigenvalue weighted by molar-refractivity contribution is 5.80. The van der Waals surface area contributed by atoms with Gasteiger partial charge in [0.15, 0.2) is 11.5 Å². The van der Waals surface area contributed by atoms with Crippen LogP contribution in [-0.2, 0) is 17.8 Å². The number of benzene rings is 2. The van der Waals surface area contributed by atoms with Gasteiger partial charge in [0.05, 0.1) is 23.9 Å². The Hall–Kier alpha value is -3.35. The maximum absolute atomic E-state index is 13.0. The molecule has 2 heterocycles. The second-order valence-corrected chi connectivity index (χ2v) is 7.30. The van der Waals surface area contributed by atoms with Gasteiger partial charge in [-0.05, 0) is 43.7 Å². The molecule has 0 radical (unpaired) electrons. The zero-order valence-electron chi connectivity index (χ0n) is 16.5. The molecule has 0 spiro atoms. The van der Waals surface area contributed by atoms with E-state index in [1.165, 1.54) is 0 Å². The number of nitrogens with one attached hydrogen (secondary N) is 1. The standard InChI is InChI=1S/C22H23N3O4/c1-14(2)25(13-20-23-17-6-4-3-5-16(17)22(27)24-20)21(26)12-15-7-8-18-19(11-15)29-10-9-28-18/h3-8,11,14H,9-10,12-13H2,1-2H3,(H,23,24,27). The van der Waals surface area contributed by atoms with Gasteiger partial charge in [-0.2, -0.15) is 0 Å². The maximum Gasteiger partial charge on any atom is 0.258 e. The number of hydrogen-bond acceptors (Lipinski definition) is 5. The third-order valence-electron chi connectivity index (χ3n) is 4.89. The average Bonchev–Trinajstić information content (AvgIpc) is 2.71. The first-order valence-electron chi connectivity index (χ1n) is 9.67. The summed E-state index contributed by atoms with van der Waals surface area (Å²) in [6.07, 6.45) is 0.229. The lowest BCUT2D eigenvalue weighted by molar-refractivity contribution is -0.132. The number of fused-ring (bicyclic) bond motifs is 2. The molecule has 1 aliphatic heterocycles. The van der Waals surface area contributed by atoms with E-state index in [2.05, 4.69) is 9.97 Å². The van der Waals surface area contributed by atoms with Crippen LogP contribution < -0.4 is 15.0 Å².